The second-order valence-corrected chi connectivity index (χ2v) is 9.93. The Bertz CT molecular complexity index is 1360. The molecule has 8 nitrogen and oxygen atoms in total. The van der Waals surface area contributed by atoms with Crippen LogP contribution in [0.25, 0.3) is 0 Å². The number of benzene rings is 2. The molecule has 2 aliphatic heterocycles. The molecule has 6 rings (SSSR count). The van der Waals surface area contributed by atoms with Gasteiger partial charge in [-0.2, -0.15) is 0 Å². The molecule has 0 fully saturated rings. The molecule has 37 heavy (non-hydrogen) atoms. The Morgan fingerprint density at radius 3 is 2.54 bits per heavy atom. The van der Waals surface area contributed by atoms with Gasteiger partial charge >= 0.3 is 5.97 Å². The summed E-state index contributed by atoms with van der Waals surface area (Å²) in [5, 5.41) is 0. The van der Waals surface area contributed by atoms with Crippen molar-refractivity contribution in [3.8, 4) is 17.2 Å². The van der Waals surface area contributed by atoms with Crippen molar-refractivity contribution in [3.05, 3.63) is 76.3 Å². The quantitative estimate of drug-likeness (QED) is 0.557. The summed E-state index contributed by atoms with van der Waals surface area (Å²) in [7, 11) is 2.98. The molecule has 8 heteroatoms. The van der Waals surface area contributed by atoms with Crippen molar-refractivity contribution in [1.82, 2.24) is 0 Å². The maximum atomic E-state index is 14.2. The lowest BCUT2D eigenvalue weighted by atomic mass is 9.62. The van der Waals surface area contributed by atoms with E-state index in [0.29, 0.717) is 46.1 Å². The van der Waals surface area contributed by atoms with Crippen molar-refractivity contribution in [3.63, 3.8) is 0 Å². The third kappa shape index (κ3) is 3.27. The summed E-state index contributed by atoms with van der Waals surface area (Å²) in [6.45, 7) is 4.27. The van der Waals surface area contributed by atoms with E-state index in [2.05, 4.69) is 13.8 Å². The summed E-state index contributed by atoms with van der Waals surface area (Å²) in [6.07, 6.45) is 1.82. The fourth-order valence-corrected chi connectivity index (χ4v) is 5.94. The Kier molecular flexibility index (Phi) is 5.44. The molecule has 192 valence electrons. The molecular formula is C29H28O8. The minimum absolute atomic E-state index is 0.0374. The molecule has 0 saturated heterocycles. The van der Waals surface area contributed by atoms with Gasteiger partial charge in [0.15, 0.2) is 17.3 Å². The van der Waals surface area contributed by atoms with Crippen molar-refractivity contribution in [2.75, 3.05) is 27.6 Å². The predicted octanol–water partition coefficient (Wildman–Crippen LogP) is 4.63. The van der Waals surface area contributed by atoms with E-state index in [1.54, 1.807) is 24.3 Å². The Morgan fingerprint density at radius 1 is 1.03 bits per heavy atom. The average molecular weight is 505 g/mol. The van der Waals surface area contributed by atoms with Crippen LogP contribution in [0.5, 0.6) is 17.2 Å². The number of esters is 1. The van der Waals surface area contributed by atoms with Gasteiger partial charge in [-0.25, -0.2) is 4.79 Å². The molecule has 2 heterocycles. The van der Waals surface area contributed by atoms with E-state index in [4.69, 9.17) is 28.4 Å². The Morgan fingerprint density at radius 2 is 1.81 bits per heavy atom. The van der Waals surface area contributed by atoms with Crippen molar-refractivity contribution in [2.24, 2.45) is 11.8 Å². The third-order valence-electron chi connectivity index (χ3n) is 8.07. The van der Waals surface area contributed by atoms with Crippen LogP contribution in [0, 0.1) is 11.8 Å². The van der Waals surface area contributed by atoms with Crippen molar-refractivity contribution < 1.29 is 38.0 Å². The third-order valence-corrected chi connectivity index (χ3v) is 8.07. The van der Waals surface area contributed by atoms with Crippen LogP contribution in [0.2, 0.25) is 0 Å². The number of methoxy groups -OCH3 is 2. The van der Waals surface area contributed by atoms with E-state index in [9.17, 15) is 9.59 Å². The van der Waals surface area contributed by atoms with Crippen LogP contribution in [0.4, 0.5) is 0 Å². The molecule has 0 amide bonds. The first-order chi connectivity index (χ1) is 17.9. The summed E-state index contributed by atoms with van der Waals surface area (Å²) < 4.78 is 35.1. The minimum atomic E-state index is -1.16. The van der Waals surface area contributed by atoms with Gasteiger partial charge in [-0.05, 0) is 42.2 Å². The summed E-state index contributed by atoms with van der Waals surface area (Å²) in [5.41, 5.74) is 1.49. The summed E-state index contributed by atoms with van der Waals surface area (Å²) in [6, 6.07) is 10.7. The molecule has 1 unspecified atom stereocenters. The lowest BCUT2D eigenvalue weighted by Gasteiger charge is -2.41. The molecule has 4 aliphatic rings. The number of carbonyl (C=O) groups is 2. The van der Waals surface area contributed by atoms with Gasteiger partial charge in [0.25, 0.3) is 0 Å². The van der Waals surface area contributed by atoms with Gasteiger partial charge < -0.3 is 28.4 Å². The van der Waals surface area contributed by atoms with Gasteiger partial charge in [0, 0.05) is 17.0 Å². The van der Waals surface area contributed by atoms with Crippen molar-refractivity contribution in [1.29, 1.82) is 0 Å². The number of carbonyl (C=O) groups excluding carboxylic acids is 2. The predicted molar refractivity (Wildman–Crippen MR) is 131 cm³/mol. The lowest BCUT2D eigenvalue weighted by Crippen LogP contribution is -2.46. The van der Waals surface area contributed by atoms with Crippen molar-refractivity contribution in [2.45, 2.75) is 31.8 Å². The molecule has 2 aromatic carbocycles. The smallest absolute Gasteiger partial charge is 0.338 e. The first-order valence-corrected chi connectivity index (χ1v) is 12.3. The van der Waals surface area contributed by atoms with E-state index in [-0.39, 0.29) is 36.8 Å². The van der Waals surface area contributed by atoms with Gasteiger partial charge in [0.05, 0.1) is 19.8 Å². The first-order valence-electron chi connectivity index (χ1n) is 12.3. The summed E-state index contributed by atoms with van der Waals surface area (Å²) in [5.74, 6) is 1.19. The van der Waals surface area contributed by atoms with E-state index in [1.807, 2.05) is 18.2 Å². The molecule has 4 atom stereocenters. The molecule has 0 N–H and O–H groups in total. The van der Waals surface area contributed by atoms with Crippen LogP contribution in [0.1, 0.15) is 47.9 Å². The Labute approximate surface area is 214 Å². The Balaban J connectivity index is 1.59. The monoisotopic (exact) mass is 504 g/mol. The molecular weight excluding hydrogens is 476 g/mol. The number of hydrogen-bond donors (Lipinski definition) is 0. The van der Waals surface area contributed by atoms with E-state index >= 15 is 0 Å². The van der Waals surface area contributed by atoms with Gasteiger partial charge in [-0.1, -0.05) is 32.0 Å². The normalized spacial score (nSPS) is 27.3. The molecule has 0 bridgehead atoms. The number of ether oxygens (including phenoxy) is 6. The molecule has 0 aromatic heterocycles. The Hall–Kier alpha value is -3.94. The number of Topliss-reactive ketones (excluding diaryl/α,β-unsaturated/α-hetero) is 1. The lowest BCUT2D eigenvalue weighted by molar-refractivity contribution is -0.124. The highest BCUT2D eigenvalue weighted by Crippen LogP contribution is 2.61. The van der Waals surface area contributed by atoms with Crippen LogP contribution in [-0.4, -0.2) is 39.4 Å². The summed E-state index contributed by atoms with van der Waals surface area (Å²) in [4.78, 5) is 27.5. The molecule has 2 aromatic rings. The van der Waals surface area contributed by atoms with Crippen LogP contribution >= 0.6 is 0 Å². The maximum Gasteiger partial charge on any atom is 0.338 e. The zero-order valence-electron chi connectivity index (χ0n) is 21.2. The van der Waals surface area contributed by atoms with Crippen molar-refractivity contribution >= 4 is 11.8 Å². The first kappa shape index (κ1) is 23.5. The second-order valence-electron chi connectivity index (χ2n) is 9.93. The number of fused-ring (bicyclic) bond motifs is 2. The van der Waals surface area contributed by atoms with Gasteiger partial charge in [0.2, 0.25) is 24.1 Å². The number of rotatable bonds is 4. The minimum Gasteiger partial charge on any atom is -0.493 e. The highest BCUT2D eigenvalue weighted by Gasteiger charge is 2.59. The van der Waals surface area contributed by atoms with Gasteiger partial charge in [-0.3, -0.25) is 4.79 Å². The summed E-state index contributed by atoms with van der Waals surface area (Å²) >= 11 is 0. The maximum absolute atomic E-state index is 14.2. The van der Waals surface area contributed by atoms with Crippen LogP contribution in [-0.2, 0) is 24.4 Å². The SMILES string of the molecule is COC1=C(OC)C(=O)C23COc4c5c(cc(c42)[C@@H](OC(=O)c2ccccc2)[C@@H](C)[C@@H](C)CC3=C1)OCO5. The van der Waals surface area contributed by atoms with Gasteiger partial charge in [0.1, 0.15) is 18.1 Å². The average Bonchev–Trinajstić information content (AvgIpc) is 3.54. The van der Waals surface area contributed by atoms with E-state index in [0.717, 1.165) is 5.57 Å². The van der Waals surface area contributed by atoms with Crippen LogP contribution < -0.4 is 14.2 Å². The highest BCUT2D eigenvalue weighted by molar-refractivity contribution is 6.08. The fourth-order valence-electron chi connectivity index (χ4n) is 5.94. The second kappa shape index (κ2) is 8.57. The van der Waals surface area contributed by atoms with Crippen LogP contribution in [0.3, 0.4) is 0 Å². The number of allylic oxidation sites excluding steroid dienone is 2. The standard InChI is InChI=1S/C29H28O8/c1-15-10-18-11-20(32-3)25(33-4)27(30)29(18)13-34-26-22(29)19(12-21-24(26)36-14-35-21)23(16(15)2)37-28(31)17-8-6-5-7-9-17/h5-9,11-12,15-16,23H,10,13-14H2,1-4H3/t15-,16-,23-,29?/m0/s1. The van der Waals surface area contributed by atoms with Crippen LogP contribution in [0.15, 0.2) is 59.6 Å². The van der Waals surface area contributed by atoms with E-state index in [1.165, 1.54) is 14.2 Å². The van der Waals surface area contributed by atoms with Gasteiger partial charge in [-0.15, -0.1) is 0 Å². The number of ketones is 1. The number of hydrogen-bond acceptors (Lipinski definition) is 8. The fraction of sp³-hybridized carbons (Fsp3) is 0.379. The highest BCUT2D eigenvalue weighted by atomic mass is 16.7. The zero-order chi connectivity index (χ0) is 25.9. The molecule has 0 radical (unpaired) electrons. The topological polar surface area (TPSA) is 89.5 Å². The zero-order valence-corrected chi connectivity index (χ0v) is 21.2. The molecule has 0 saturated carbocycles. The van der Waals surface area contributed by atoms with E-state index < -0.39 is 17.5 Å². The molecule has 1 spiro atoms. The molecule has 2 aliphatic carbocycles. The largest absolute Gasteiger partial charge is 0.493 e.